The molecular formula is C30H36ClNO9. The number of ketones is 1. The summed E-state index contributed by atoms with van der Waals surface area (Å²) in [6.45, 7) is 6.98. The number of Topliss-reactive ketones (excluding diaryl/α,β-unsaturated/α-hetero) is 1. The minimum absolute atomic E-state index is 0.0511. The highest BCUT2D eigenvalue weighted by atomic mass is 35.5. The summed E-state index contributed by atoms with van der Waals surface area (Å²) in [7, 11) is 3.00. The number of amides is 1. The van der Waals surface area contributed by atoms with E-state index in [0.29, 0.717) is 33.3 Å². The van der Waals surface area contributed by atoms with E-state index in [2.05, 4.69) is 0 Å². The van der Waals surface area contributed by atoms with Crippen molar-refractivity contribution in [3.63, 3.8) is 0 Å². The number of hydrogen-bond donors (Lipinski definition) is 0. The lowest BCUT2D eigenvalue weighted by Gasteiger charge is -2.33. The molecule has 41 heavy (non-hydrogen) atoms. The van der Waals surface area contributed by atoms with Crippen molar-refractivity contribution in [2.24, 2.45) is 5.41 Å². The third-order valence-electron chi connectivity index (χ3n) is 6.43. The third-order valence-corrected chi connectivity index (χ3v) is 6.67. The van der Waals surface area contributed by atoms with E-state index in [1.807, 2.05) is 13.8 Å². The summed E-state index contributed by atoms with van der Waals surface area (Å²) in [5, 5.41) is 0.405. The number of nitrogens with zero attached hydrogens (tertiary/aromatic N) is 1. The number of esters is 2. The Hall–Kier alpha value is -3.63. The molecule has 3 rings (SSSR count). The van der Waals surface area contributed by atoms with Crippen molar-refractivity contribution in [2.45, 2.75) is 52.7 Å². The van der Waals surface area contributed by atoms with Crippen molar-refractivity contribution in [2.75, 3.05) is 38.9 Å². The van der Waals surface area contributed by atoms with E-state index in [4.69, 9.17) is 35.3 Å². The number of ether oxygens (including phenoxy) is 5. The Morgan fingerprint density at radius 2 is 1.78 bits per heavy atom. The lowest BCUT2D eigenvalue weighted by Crippen LogP contribution is -2.46. The lowest BCUT2D eigenvalue weighted by atomic mass is 9.92. The number of carbonyl (C=O) groups is 4. The molecule has 2 aromatic carbocycles. The minimum Gasteiger partial charge on any atom is -0.493 e. The average molecular weight is 590 g/mol. The van der Waals surface area contributed by atoms with Crippen LogP contribution in [0.2, 0.25) is 5.02 Å². The summed E-state index contributed by atoms with van der Waals surface area (Å²) in [6, 6.07) is 10.3. The summed E-state index contributed by atoms with van der Waals surface area (Å²) >= 11 is 6.45. The molecule has 0 N–H and O–H groups in total. The van der Waals surface area contributed by atoms with Gasteiger partial charge in [-0.1, -0.05) is 37.6 Å². The molecule has 0 bridgehead atoms. The molecule has 0 saturated heterocycles. The van der Waals surface area contributed by atoms with Gasteiger partial charge in [0.2, 0.25) is 0 Å². The van der Waals surface area contributed by atoms with Gasteiger partial charge in [-0.3, -0.25) is 19.2 Å². The fraction of sp³-hybridized carbons (Fsp3) is 0.467. The summed E-state index contributed by atoms with van der Waals surface area (Å²) in [5.74, 6) is -1.30. The summed E-state index contributed by atoms with van der Waals surface area (Å²) in [6.07, 6.45) is -3.04. The largest absolute Gasteiger partial charge is 0.493 e. The first-order valence-corrected chi connectivity index (χ1v) is 13.6. The first-order valence-electron chi connectivity index (χ1n) is 13.2. The number of rotatable bonds is 12. The molecule has 10 nitrogen and oxygen atoms in total. The highest BCUT2D eigenvalue weighted by Gasteiger charge is 2.41. The average Bonchev–Trinajstić information content (AvgIpc) is 3.01. The van der Waals surface area contributed by atoms with Crippen molar-refractivity contribution < 1.29 is 42.9 Å². The lowest BCUT2D eigenvalue weighted by molar-refractivity contribution is -0.148. The quantitative estimate of drug-likeness (QED) is 0.257. The van der Waals surface area contributed by atoms with Gasteiger partial charge in [0, 0.05) is 47.1 Å². The van der Waals surface area contributed by atoms with E-state index < -0.39 is 47.7 Å². The van der Waals surface area contributed by atoms with Crippen LogP contribution in [0, 0.1) is 5.41 Å². The molecule has 222 valence electrons. The smallest absolute Gasteiger partial charge is 0.313 e. The molecule has 0 fully saturated rings. The SMILES string of the molecule is CCOC(=O)CC(=O)C[C@H]1O[C@H](c2cccc(OC)c2OC)c2cc(Cl)ccc2N(CC(C)(C)COC(C)=O)C1=O. The van der Waals surface area contributed by atoms with Gasteiger partial charge < -0.3 is 28.6 Å². The van der Waals surface area contributed by atoms with Gasteiger partial charge in [-0.2, -0.15) is 0 Å². The zero-order valence-electron chi connectivity index (χ0n) is 24.2. The number of fused-ring (bicyclic) bond motifs is 1. The van der Waals surface area contributed by atoms with Crippen LogP contribution < -0.4 is 14.4 Å². The molecule has 0 radical (unpaired) electrons. The highest BCUT2D eigenvalue weighted by molar-refractivity contribution is 6.30. The zero-order valence-corrected chi connectivity index (χ0v) is 24.9. The van der Waals surface area contributed by atoms with E-state index in [0.717, 1.165) is 0 Å². The maximum absolute atomic E-state index is 14.1. The van der Waals surface area contributed by atoms with E-state index in [-0.39, 0.29) is 26.2 Å². The molecule has 1 aliphatic heterocycles. The predicted molar refractivity (Wildman–Crippen MR) is 151 cm³/mol. The van der Waals surface area contributed by atoms with Crippen LogP contribution in [0.3, 0.4) is 0 Å². The van der Waals surface area contributed by atoms with Crippen LogP contribution >= 0.6 is 11.6 Å². The first kappa shape index (κ1) is 31.9. The normalized spacial score (nSPS) is 16.9. The Labute approximate surface area is 244 Å². The maximum atomic E-state index is 14.1. The maximum Gasteiger partial charge on any atom is 0.313 e. The Morgan fingerprint density at radius 3 is 2.41 bits per heavy atom. The number of benzene rings is 2. The van der Waals surface area contributed by atoms with Gasteiger partial charge in [-0.05, 0) is 31.2 Å². The Morgan fingerprint density at radius 1 is 1.05 bits per heavy atom. The number of carbonyl (C=O) groups excluding carboxylic acids is 4. The minimum atomic E-state index is -1.27. The van der Waals surface area contributed by atoms with Gasteiger partial charge in [-0.15, -0.1) is 0 Å². The molecule has 2 aromatic rings. The van der Waals surface area contributed by atoms with E-state index >= 15 is 0 Å². The molecule has 1 amide bonds. The van der Waals surface area contributed by atoms with Crippen LogP contribution in [0.4, 0.5) is 5.69 Å². The third kappa shape index (κ3) is 7.98. The summed E-state index contributed by atoms with van der Waals surface area (Å²) in [4.78, 5) is 52.1. The molecule has 2 atom stereocenters. The zero-order chi connectivity index (χ0) is 30.3. The van der Waals surface area contributed by atoms with Crippen LogP contribution in [-0.4, -0.2) is 63.7 Å². The predicted octanol–water partition coefficient (Wildman–Crippen LogP) is 4.68. The molecule has 1 aliphatic rings. The molecular weight excluding hydrogens is 554 g/mol. The fourth-order valence-corrected chi connectivity index (χ4v) is 4.83. The second-order valence-electron chi connectivity index (χ2n) is 10.4. The molecule has 1 heterocycles. The van der Waals surface area contributed by atoms with Gasteiger partial charge in [-0.25, -0.2) is 0 Å². The molecule has 0 aromatic heterocycles. The van der Waals surface area contributed by atoms with Crippen molar-refractivity contribution >= 4 is 40.9 Å². The van der Waals surface area contributed by atoms with E-state index in [9.17, 15) is 19.2 Å². The molecule has 0 aliphatic carbocycles. The van der Waals surface area contributed by atoms with Crippen molar-refractivity contribution in [1.29, 1.82) is 0 Å². The van der Waals surface area contributed by atoms with Gasteiger partial charge in [0.25, 0.3) is 5.91 Å². The number of anilines is 1. The number of hydrogen-bond acceptors (Lipinski definition) is 9. The van der Waals surface area contributed by atoms with Gasteiger partial charge in [0.1, 0.15) is 24.4 Å². The van der Waals surface area contributed by atoms with Crippen molar-refractivity contribution in [1.82, 2.24) is 0 Å². The fourth-order valence-electron chi connectivity index (χ4n) is 4.65. The Kier molecular flexibility index (Phi) is 10.8. The number of methoxy groups -OCH3 is 2. The first-order chi connectivity index (χ1) is 19.4. The molecule has 0 unspecified atom stereocenters. The summed E-state index contributed by atoms with van der Waals surface area (Å²) in [5.41, 5.74) is 0.934. The molecule has 0 saturated carbocycles. The topological polar surface area (TPSA) is 118 Å². The standard InChI is InChI=1S/C30H36ClNO9/c1-7-39-26(35)15-20(34)14-25-29(36)32(16-30(3,4)17-40-18(2)33)23-12-11-19(31)13-22(23)27(41-25)21-9-8-10-24(37-5)28(21)38-6/h8-13,25,27H,7,14-17H2,1-6H3/t25-,27-/m1/s1. The molecule has 11 heteroatoms. The van der Waals surface area contributed by atoms with Crippen molar-refractivity contribution in [3.05, 3.63) is 52.5 Å². The highest BCUT2D eigenvalue weighted by Crippen LogP contribution is 2.45. The summed E-state index contributed by atoms with van der Waals surface area (Å²) < 4.78 is 27.8. The van der Waals surface area contributed by atoms with Crippen LogP contribution in [-0.2, 0) is 33.4 Å². The van der Waals surface area contributed by atoms with Gasteiger partial charge in [0.15, 0.2) is 11.5 Å². The van der Waals surface area contributed by atoms with Crippen LogP contribution in [0.15, 0.2) is 36.4 Å². The van der Waals surface area contributed by atoms with Crippen LogP contribution in [0.1, 0.15) is 57.8 Å². The van der Waals surface area contributed by atoms with E-state index in [1.165, 1.54) is 26.0 Å². The monoisotopic (exact) mass is 589 g/mol. The van der Waals surface area contributed by atoms with Crippen molar-refractivity contribution in [3.8, 4) is 11.5 Å². The second-order valence-corrected chi connectivity index (χ2v) is 10.8. The second kappa shape index (κ2) is 13.8. The molecule has 0 spiro atoms. The van der Waals surface area contributed by atoms with Gasteiger partial charge >= 0.3 is 11.9 Å². The Bertz CT molecular complexity index is 1290. The van der Waals surface area contributed by atoms with Crippen LogP contribution in [0.25, 0.3) is 0 Å². The van der Waals surface area contributed by atoms with Crippen LogP contribution in [0.5, 0.6) is 11.5 Å². The Balaban J connectivity index is 2.16. The van der Waals surface area contributed by atoms with E-state index in [1.54, 1.807) is 43.3 Å². The number of para-hydroxylation sites is 1. The van der Waals surface area contributed by atoms with Gasteiger partial charge in [0.05, 0.1) is 27.4 Å². The number of halogens is 1.